The zero-order valence-corrected chi connectivity index (χ0v) is 9.87. The summed E-state index contributed by atoms with van der Waals surface area (Å²) in [5.41, 5.74) is 2.32. The molecule has 1 saturated heterocycles. The first kappa shape index (κ1) is 9.36. The fourth-order valence-corrected chi connectivity index (χ4v) is 2.94. The van der Waals surface area contributed by atoms with Crippen LogP contribution in [0.3, 0.4) is 0 Å². The Labute approximate surface area is 96.6 Å². The third kappa shape index (κ3) is 1.48. The minimum absolute atomic E-state index is 0.580. The number of imidazole rings is 1. The van der Waals surface area contributed by atoms with Gasteiger partial charge in [-0.05, 0) is 41.0 Å². The molecule has 1 aliphatic rings. The highest BCUT2D eigenvalue weighted by Gasteiger charge is 2.23. The van der Waals surface area contributed by atoms with Crippen molar-refractivity contribution < 1.29 is 0 Å². The second-order valence-electron chi connectivity index (χ2n) is 3.91. The number of aromatic nitrogens is 2. The molecule has 2 aromatic heterocycles. The summed E-state index contributed by atoms with van der Waals surface area (Å²) in [4.78, 5) is 4.51. The van der Waals surface area contributed by atoms with E-state index in [-0.39, 0.29) is 0 Å². The van der Waals surface area contributed by atoms with E-state index in [4.69, 9.17) is 0 Å². The standard InChI is InChI=1S/C11H12BrN3/c12-11-10(8-4-5-13-7-8)15-6-2-1-3-9(15)14-11/h1-3,6,8,13H,4-5,7H2. The molecule has 0 radical (unpaired) electrons. The van der Waals surface area contributed by atoms with Crippen LogP contribution < -0.4 is 5.32 Å². The zero-order valence-electron chi connectivity index (χ0n) is 8.28. The van der Waals surface area contributed by atoms with Crippen molar-refractivity contribution in [1.82, 2.24) is 14.7 Å². The van der Waals surface area contributed by atoms with E-state index >= 15 is 0 Å². The van der Waals surface area contributed by atoms with Gasteiger partial charge in [-0.2, -0.15) is 0 Å². The summed E-state index contributed by atoms with van der Waals surface area (Å²) in [6.45, 7) is 2.17. The van der Waals surface area contributed by atoms with E-state index in [1.165, 1.54) is 12.1 Å². The average molecular weight is 266 g/mol. The lowest BCUT2D eigenvalue weighted by Gasteiger charge is -2.08. The highest BCUT2D eigenvalue weighted by atomic mass is 79.9. The van der Waals surface area contributed by atoms with E-state index in [0.29, 0.717) is 5.92 Å². The van der Waals surface area contributed by atoms with E-state index < -0.39 is 0 Å². The molecule has 0 aliphatic carbocycles. The molecule has 3 rings (SSSR count). The van der Waals surface area contributed by atoms with Crippen molar-refractivity contribution >= 4 is 21.6 Å². The van der Waals surface area contributed by atoms with Crippen molar-refractivity contribution in [2.45, 2.75) is 12.3 Å². The van der Waals surface area contributed by atoms with Gasteiger partial charge in [0.15, 0.2) is 0 Å². The minimum Gasteiger partial charge on any atom is -0.316 e. The lowest BCUT2D eigenvalue weighted by atomic mass is 10.1. The Bertz CT molecular complexity index is 486. The van der Waals surface area contributed by atoms with Gasteiger partial charge >= 0.3 is 0 Å². The summed E-state index contributed by atoms with van der Waals surface area (Å²) >= 11 is 3.56. The molecule has 0 saturated carbocycles. The largest absolute Gasteiger partial charge is 0.316 e. The van der Waals surface area contributed by atoms with Gasteiger partial charge in [-0.1, -0.05) is 6.07 Å². The van der Waals surface area contributed by atoms with Gasteiger partial charge in [0, 0.05) is 18.7 Å². The van der Waals surface area contributed by atoms with E-state index in [9.17, 15) is 0 Å². The Morgan fingerprint density at radius 2 is 2.40 bits per heavy atom. The first-order chi connectivity index (χ1) is 7.36. The van der Waals surface area contributed by atoms with Crippen molar-refractivity contribution in [1.29, 1.82) is 0 Å². The van der Waals surface area contributed by atoms with Gasteiger partial charge in [0.25, 0.3) is 0 Å². The van der Waals surface area contributed by atoms with Crippen molar-refractivity contribution in [2.24, 2.45) is 0 Å². The van der Waals surface area contributed by atoms with Crippen LogP contribution in [0.4, 0.5) is 0 Å². The predicted octanol–water partition coefficient (Wildman–Crippen LogP) is 2.17. The topological polar surface area (TPSA) is 29.3 Å². The Morgan fingerprint density at radius 3 is 3.20 bits per heavy atom. The van der Waals surface area contributed by atoms with Crippen LogP contribution in [0.2, 0.25) is 0 Å². The number of pyridine rings is 1. The Balaban J connectivity index is 2.19. The number of nitrogens with zero attached hydrogens (tertiary/aromatic N) is 2. The van der Waals surface area contributed by atoms with E-state index in [0.717, 1.165) is 23.3 Å². The van der Waals surface area contributed by atoms with Crippen LogP contribution in [0.25, 0.3) is 5.65 Å². The molecule has 1 atom stereocenters. The fraction of sp³-hybridized carbons (Fsp3) is 0.364. The molecule has 0 bridgehead atoms. The summed E-state index contributed by atoms with van der Waals surface area (Å²) < 4.78 is 3.17. The maximum atomic E-state index is 4.51. The molecule has 15 heavy (non-hydrogen) atoms. The van der Waals surface area contributed by atoms with Gasteiger partial charge in [0.2, 0.25) is 0 Å². The molecule has 0 spiro atoms. The Hall–Kier alpha value is -0.870. The van der Waals surface area contributed by atoms with Crippen LogP contribution in [-0.2, 0) is 0 Å². The van der Waals surface area contributed by atoms with Crippen LogP contribution in [0.15, 0.2) is 29.0 Å². The molecule has 3 nitrogen and oxygen atoms in total. The number of halogens is 1. The molecule has 0 aromatic carbocycles. The molecule has 1 N–H and O–H groups in total. The van der Waals surface area contributed by atoms with Crippen LogP contribution in [0.5, 0.6) is 0 Å². The first-order valence-electron chi connectivity index (χ1n) is 5.19. The van der Waals surface area contributed by atoms with Crippen LogP contribution >= 0.6 is 15.9 Å². The van der Waals surface area contributed by atoms with Crippen molar-refractivity contribution in [3.8, 4) is 0 Å². The zero-order chi connectivity index (χ0) is 10.3. The molecular formula is C11H12BrN3. The number of fused-ring (bicyclic) bond motifs is 1. The van der Waals surface area contributed by atoms with Gasteiger partial charge in [-0.25, -0.2) is 4.98 Å². The van der Waals surface area contributed by atoms with Gasteiger partial charge in [-0.3, -0.25) is 0 Å². The van der Waals surface area contributed by atoms with Gasteiger partial charge in [0.05, 0.1) is 5.69 Å². The lowest BCUT2D eigenvalue weighted by Crippen LogP contribution is -2.09. The number of nitrogens with one attached hydrogen (secondary N) is 1. The summed E-state index contributed by atoms with van der Waals surface area (Å²) in [5.74, 6) is 0.580. The van der Waals surface area contributed by atoms with Gasteiger partial charge < -0.3 is 9.72 Å². The number of hydrogen-bond donors (Lipinski definition) is 1. The third-order valence-electron chi connectivity index (χ3n) is 2.97. The highest BCUT2D eigenvalue weighted by Crippen LogP contribution is 2.29. The average Bonchev–Trinajstić information content (AvgIpc) is 2.82. The van der Waals surface area contributed by atoms with Crippen molar-refractivity contribution in [3.63, 3.8) is 0 Å². The van der Waals surface area contributed by atoms with Crippen LogP contribution in [-0.4, -0.2) is 22.5 Å². The molecule has 0 amide bonds. The van der Waals surface area contributed by atoms with Crippen LogP contribution in [0.1, 0.15) is 18.0 Å². The second-order valence-corrected chi connectivity index (χ2v) is 4.66. The summed E-state index contributed by atoms with van der Waals surface area (Å²) in [5, 5.41) is 3.39. The first-order valence-corrected chi connectivity index (χ1v) is 5.99. The normalized spacial score (nSPS) is 21.3. The van der Waals surface area contributed by atoms with E-state index in [1.807, 2.05) is 18.2 Å². The molecule has 1 fully saturated rings. The smallest absolute Gasteiger partial charge is 0.138 e. The maximum absolute atomic E-state index is 4.51. The molecule has 2 aromatic rings. The monoisotopic (exact) mass is 265 g/mol. The summed E-state index contributed by atoms with van der Waals surface area (Å²) in [6.07, 6.45) is 3.28. The minimum atomic E-state index is 0.580. The molecule has 1 unspecified atom stereocenters. The quantitative estimate of drug-likeness (QED) is 0.857. The van der Waals surface area contributed by atoms with E-state index in [2.05, 4.69) is 36.8 Å². The molecule has 3 heterocycles. The van der Waals surface area contributed by atoms with Crippen LogP contribution in [0, 0.1) is 0 Å². The van der Waals surface area contributed by atoms with Gasteiger partial charge in [0.1, 0.15) is 10.3 Å². The highest BCUT2D eigenvalue weighted by molar-refractivity contribution is 9.10. The molecule has 4 heteroatoms. The Morgan fingerprint density at radius 1 is 1.47 bits per heavy atom. The predicted molar refractivity (Wildman–Crippen MR) is 63.1 cm³/mol. The second kappa shape index (κ2) is 3.61. The SMILES string of the molecule is Brc1nc2ccccn2c1C1CCNC1. The number of rotatable bonds is 1. The lowest BCUT2D eigenvalue weighted by molar-refractivity contribution is 0.722. The third-order valence-corrected chi connectivity index (χ3v) is 3.55. The maximum Gasteiger partial charge on any atom is 0.138 e. The molecular weight excluding hydrogens is 254 g/mol. The Kier molecular flexibility index (Phi) is 2.25. The van der Waals surface area contributed by atoms with Gasteiger partial charge in [-0.15, -0.1) is 0 Å². The number of hydrogen-bond acceptors (Lipinski definition) is 2. The van der Waals surface area contributed by atoms with Crippen molar-refractivity contribution in [2.75, 3.05) is 13.1 Å². The fourth-order valence-electron chi connectivity index (χ4n) is 2.24. The van der Waals surface area contributed by atoms with E-state index in [1.54, 1.807) is 0 Å². The molecule has 78 valence electrons. The van der Waals surface area contributed by atoms with Crippen molar-refractivity contribution in [3.05, 3.63) is 34.7 Å². The summed E-state index contributed by atoms with van der Waals surface area (Å²) in [6, 6.07) is 6.11. The summed E-state index contributed by atoms with van der Waals surface area (Å²) in [7, 11) is 0. The molecule has 1 aliphatic heterocycles.